The molecule has 0 bridgehead atoms. The van der Waals surface area contributed by atoms with Gasteiger partial charge in [0.05, 0.1) is 21.7 Å². The molecule has 16 heavy (non-hydrogen) atoms. The van der Waals surface area contributed by atoms with Crippen molar-refractivity contribution in [3.05, 3.63) is 21.4 Å². The van der Waals surface area contributed by atoms with Gasteiger partial charge >= 0.3 is 0 Å². The summed E-state index contributed by atoms with van der Waals surface area (Å²) in [6.07, 6.45) is 1.35. The van der Waals surface area contributed by atoms with Crippen LogP contribution in [0.15, 0.2) is 10.5 Å². The van der Waals surface area contributed by atoms with Crippen molar-refractivity contribution in [2.75, 3.05) is 11.5 Å². The van der Waals surface area contributed by atoms with Gasteiger partial charge in [-0.1, -0.05) is 11.6 Å². The lowest BCUT2D eigenvalue weighted by Crippen LogP contribution is -2.09. The van der Waals surface area contributed by atoms with Crippen LogP contribution < -0.4 is 0 Å². The summed E-state index contributed by atoms with van der Waals surface area (Å²) in [5.41, 5.74) is 0.776. The van der Waals surface area contributed by atoms with Gasteiger partial charge in [0.2, 0.25) is 0 Å². The number of halogens is 2. The molecule has 7 heteroatoms. The molecule has 2 heterocycles. The second-order valence-corrected chi connectivity index (χ2v) is 7.39. The fourth-order valence-electron chi connectivity index (χ4n) is 1.82. The van der Waals surface area contributed by atoms with E-state index in [-0.39, 0.29) is 11.7 Å². The standard InChI is InChI=1S/C9H10BrClN2O2S/c10-8-4-7(12-13-9(8)11)3-6-1-2-16(14,15)5-6/h4,6H,1-3,5H2. The Bertz CT molecular complexity index is 506. The van der Waals surface area contributed by atoms with E-state index in [1.807, 2.05) is 0 Å². The van der Waals surface area contributed by atoms with Crippen LogP contribution in [0.5, 0.6) is 0 Å². The van der Waals surface area contributed by atoms with E-state index in [1.54, 1.807) is 6.07 Å². The molecule has 4 nitrogen and oxygen atoms in total. The van der Waals surface area contributed by atoms with Gasteiger partial charge in [-0.25, -0.2) is 8.42 Å². The maximum absolute atomic E-state index is 11.3. The van der Waals surface area contributed by atoms with Crippen LogP contribution >= 0.6 is 27.5 Å². The predicted octanol–water partition coefficient (Wildman–Crippen LogP) is 1.87. The zero-order chi connectivity index (χ0) is 11.8. The molecule has 2 rings (SSSR count). The van der Waals surface area contributed by atoms with Crippen molar-refractivity contribution in [1.29, 1.82) is 0 Å². The van der Waals surface area contributed by atoms with E-state index in [4.69, 9.17) is 11.6 Å². The number of sulfone groups is 1. The first kappa shape index (κ1) is 12.3. The topological polar surface area (TPSA) is 59.9 Å². The fourth-order valence-corrected chi connectivity index (χ4v) is 4.12. The molecular weight excluding hydrogens is 316 g/mol. The molecule has 1 aromatic heterocycles. The van der Waals surface area contributed by atoms with E-state index in [9.17, 15) is 8.42 Å². The third kappa shape index (κ3) is 2.93. The summed E-state index contributed by atoms with van der Waals surface area (Å²) in [5.74, 6) is 0.710. The first-order valence-corrected chi connectivity index (χ1v) is 7.83. The Balaban J connectivity index is 2.08. The molecule has 0 spiro atoms. The summed E-state index contributed by atoms with van der Waals surface area (Å²) in [6.45, 7) is 0. The van der Waals surface area contributed by atoms with Crippen LogP contribution in [0.4, 0.5) is 0 Å². The minimum Gasteiger partial charge on any atom is -0.229 e. The van der Waals surface area contributed by atoms with E-state index in [0.717, 1.165) is 5.69 Å². The van der Waals surface area contributed by atoms with Crippen molar-refractivity contribution < 1.29 is 8.42 Å². The molecule has 1 saturated heterocycles. The van der Waals surface area contributed by atoms with Gasteiger partial charge in [0, 0.05) is 0 Å². The molecule has 0 amide bonds. The zero-order valence-electron chi connectivity index (χ0n) is 8.36. The molecule has 1 fully saturated rings. The monoisotopic (exact) mass is 324 g/mol. The molecule has 1 aliphatic rings. The molecule has 0 N–H and O–H groups in total. The van der Waals surface area contributed by atoms with Crippen LogP contribution in [-0.4, -0.2) is 30.1 Å². The summed E-state index contributed by atoms with van der Waals surface area (Å²) in [6, 6.07) is 1.79. The van der Waals surface area contributed by atoms with Crippen LogP contribution in [0.1, 0.15) is 12.1 Å². The van der Waals surface area contributed by atoms with E-state index < -0.39 is 9.84 Å². The summed E-state index contributed by atoms with van der Waals surface area (Å²) in [7, 11) is -2.82. The van der Waals surface area contributed by atoms with Gasteiger partial charge in [-0.15, -0.1) is 5.10 Å². The summed E-state index contributed by atoms with van der Waals surface area (Å²) in [5, 5.41) is 8.04. The van der Waals surface area contributed by atoms with E-state index >= 15 is 0 Å². The van der Waals surface area contributed by atoms with Crippen molar-refractivity contribution >= 4 is 37.4 Å². The number of hydrogen-bond acceptors (Lipinski definition) is 4. The van der Waals surface area contributed by atoms with Crippen LogP contribution in [0.2, 0.25) is 5.15 Å². The second kappa shape index (κ2) is 4.58. The molecular formula is C9H10BrClN2O2S. The van der Waals surface area contributed by atoms with E-state index in [0.29, 0.717) is 28.2 Å². The van der Waals surface area contributed by atoms with Crippen LogP contribution in [0.25, 0.3) is 0 Å². The quantitative estimate of drug-likeness (QED) is 0.833. The molecule has 0 radical (unpaired) electrons. The lowest BCUT2D eigenvalue weighted by Gasteiger charge is -2.06. The summed E-state index contributed by atoms with van der Waals surface area (Å²) >= 11 is 8.99. The molecule has 1 atom stereocenters. The molecule has 0 aromatic carbocycles. The SMILES string of the molecule is O=S1(=O)CCC(Cc2cc(Br)c(Cl)nn2)C1. The highest BCUT2D eigenvalue weighted by molar-refractivity contribution is 9.10. The minimum atomic E-state index is -2.82. The predicted molar refractivity (Wildman–Crippen MR) is 65.2 cm³/mol. The van der Waals surface area contributed by atoms with Gasteiger partial charge < -0.3 is 0 Å². The highest BCUT2D eigenvalue weighted by atomic mass is 79.9. The van der Waals surface area contributed by atoms with Crippen molar-refractivity contribution in [1.82, 2.24) is 10.2 Å². The number of nitrogens with zero attached hydrogens (tertiary/aromatic N) is 2. The van der Waals surface area contributed by atoms with Crippen molar-refractivity contribution in [2.45, 2.75) is 12.8 Å². The highest BCUT2D eigenvalue weighted by Crippen LogP contribution is 2.24. The third-order valence-electron chi connectivity index (χ3n) is 2.58. The molecule has 88 valence electrons. The number of hydrogen-bond donors (Lipinski definition) is 0. The number of aromatic nitrogens is 2. The normalized spacial score (nSPS) is 23.5. The lowest BCUT2D eigenvalue weighted by atomic mass is 10.0. The van der Waals surface area contributed by atoms with E-state index in [1.165, 1.54) is 0 Å². The fraction of sp³-hybridized carbons (Fsp3) is 0.556. The Morgan fingerprint density at radius 1 is 1.50 bits per heavy atom. The maximum atomic E-state index is 11.3. The summed E-state index contributed by atoms with van der Waals surface area (Å²) < 4.78 is 23.3. The summed E-state index contributed by atoms with van der Waals surface area (Å²) in [4.78, 5) is 0. The molecule has 1 aliphatic heterocycles. The highest BCUT2D eigenvalue weighted by Gasteiger charge is 2.28. The van der Waals surface area contributed by atoms with Crippen molar-refractivity contribution in [3.8, 4) is 0 Å². The Morgan fingerprint density at radius 3 is 2.81 bits per heavy atom. The third-order valence-corrected chi connectivity index (χ3v) is 5.53. The van der Waals surface area contributed by atoms with Crippen molar-refractivity contribution in [2.24, 2.45) is 5.92 Å². The molecule has 0 aliphatic carbocycles. The largest absolute Gasteiger partial charge is 0.229 e. The Hall–Kier alpha value is -0.200. The van der Waals surface area contributed by atoms with Gasteiger partial charge in [0.15, 0.2) is 15.0 Å². The zero-order valence-corrected chi connectivity index (χ0v) is 11.5. The van der Waals surface area contributed by atoms with Crippen molar-refractivity contribution in [3.63, 3.8) is 0 Å². The van der Waals surface area contributed by atoms with Gasteiger partial charge in [0.1, 0.15) is 0 Å². The van der Waals surface area contributed by atoms with Crippen LogP contribution in [0, 0.1) is 5.92 Å². The molecule has 1 aromatic rings. The molecule has 1 unspecified atom stereocenters. The Kier molecular flexibility index (Phi) is 3.51. The van der Waals surface area contributed by atoms with Gasteiger partial charge in [-0.05, 0) is 40.8 Å². The average Bonchev–Trinajstić information content (AvgIpc) is 2.52. The first-order chi connectivity index (χ1) is 7.46. The van der Waals surface area contributed by atoms with Gasteiger partial charge in [-0.2, -0.15) is 5.10 Å². The van der Waals surface area contributed by atoms with Gasteiger partial charge in [0.25, 0.3) is 0 Å². The van der Waals surface area contributed by atoms with Crippen LogP contribution in [0.3, 0.4) is 0 Å². The first-order valence-electron chi connectivity index (χ1n) is 4.84. The lowest BCUT2D eigenvalue weighted by molar-refractivity contribution is 0.573. The minimum absolute atomic E-state index is 0.160. The van der Waals surface area contributed by atoms with E-state index in [2.05, 4.69) is 26.1 Å². The number of rotatable bonds is 2. The van der Waals surface area contributed by atoms with Gasteiger partial charge in [-0.3, -0.25) is 0 Å². The smallest absolute Gasteiger partial charge is 0.165 e. The molecule has 0 saturated carbocycles. The second-order valence-electron chi connectivity index (χ2n) is 3.95. The Labute approximate surface area is 107 Å². The Morgan fingerprint density at radius 2 is 2.25 bits per heavy atom. The van der Waals surface area contributed by atoms with Crippen LogP contribution in [-0.2, 0) is 16.3 Å². The maximum Gasteiger partial charge on any atom is 0.165 e. The average molecular weight is 326 g/mol.